The van der Waals surface area contributed by atoms with Crippen molar-refractivity contribution in [1.82, 2.24) is 0 Å². The first-order valence-electron chi connectivity index (χ1n) is 6.39. The third-order valence-corrected chi connectivity index (χ3v) is 4.03. The van der Waals surface area contributed by atoms with Crippen molar-refractivity contribution in [1.29, 1.82) is 5.41 Å². The molecule has 0 amide bonds. The molecule has 0 fully saturated rings. The molecule has 0 radical (unpaired) electrons. The number of benzene rings is 1. The number of allylic oxidation sites excluding steroid dienone is 4. The summed E-state index contributed by atoms with van der Waals surface area (Å²) in [7, 11) is 0. The van der Waals surface area contributed by atoms with E-state index in [1.165, 1.54) is 21.2 Å². The standard InChI is InChI=1S/C16H18N2S/c1-2-3-7-13(14(18)9-10-17)16-11-12-6-4-5-8-15(12)19-16/h3-8,10-11,17H,2,9,18H2,1H3/b7-3-,14-13-,17-10?. The summed E-state index contributed by atoms with van der Waals surface area (Å²) in [4.78, 5) is 1.17. The van der Waals surface area contributed by atoms with Crippen molar-refractivity contribution < 1.29 is 0 Å². The second-order valence-electron chi connectivity index (χ2n) is 4.31. The molecule has 1 aromatic carbocycles. The van der Waals surface area contributed by atoms with E-state index in [4.69, 9.17) is 11.1 Å². The lowest BCUT2D eigenvalue weighted by Gasteiger charge is -2.04. The topological polar surface area (TPSA) is 49.9 Å². The average Bonchev–Trinajstić information content (AvgIpc) is 2.83. The first-order chi connectivity index (χ1) is 9.26. The second kappa shape index (κ2) is 6.34. The van der Waals surface area contributed by atoms with Crippen LogP contribution in [-0.4, -0.2) is 6.21 Å². The molecule has 0 aliphatic rings. The second-order valence-corrected chi connectivity index (χ2v) is 5.39. The molecule has 3 N–H and O–H groups in total. The summed E-state index contributed by atoms with van der Waals surface area (Å²) in [5, 5.41) is 8.46. The van der Waals surface area contributed by atoms with Crippen LogP contribution < -0.4 is 5.73 Å². The van der Waals surface area contributed by atoms with Crippen molar-refractivity contribution >= 4 is 33.2 Å². The summed E-state index contributed by atoms with van der Waals surface area (Å²) < 4.78 is 1.27. The van der Waals surface area contributed by atoms with Crippen LogP contribution in [0.1, 0.15) is 24.6 Å². The lowest BCUT2D eigenvalue weighted by molar-refractivity contribution is 1.21. The van der Waals surface area contributed by atoms with Crippen LogP contribution in [0.4, 0.5) is 0 Å². The lowest BCUT2D eigenvalue weighted by atomic mass is 10.1. The molecule has 2 nitrogen and oxygen atoms in total. The quantitative estimate of drug-likeness (QED) is 0.606. The van der Waals surface area contributed by atoms with Gasteiger partial charge in [-0.2, -0.15) is 0 Å². The molecule has 0 aliphatic heterocycles. The van der Waals surface area contributed by atoms with E-state index in [0.717, 1.165) is 17.7 Å². The fraction of sp³-hybridized carbons (Fsp3) is 0.188. The van der Waals surface area contributed by atoms with Crippen LogP contribution >= 0.6 is 11.3 Å². The van der Waals surface area contributed by atoms with Gasteiger partial charge in [-0.25, -0.2) is 0 Å². The Morgan fingerprint density at radius 3 is 2.84 bits per heavy atom. The molecule has 0 unspecified atom stereocenters. The van der Waals surface area contributed by atoms with Gasteiger partial charge in [-0.05, 0) is 23.9 Å². The largest absolute Gasteiger partial charge is 0.401 e. The predicted molar refractivity (Wildman–Crippen MR) is 85.8 cm³/mol. The minimum absolute atomic E-state index is 0.498. The predicted octanol–water partition coefficient (Wildman–Crippen LogP) is 4.58. The van der Waals surface area contributed by atoms with Crippen LogP contribution in [0.15, 0.2) is 48.2 Å². The maximum atomic E-state index is 7.21. The van der Waals surface area contributed by atoms with Gasteiger partial charge in [-0.3, -0.25) is 0 Å². The normalized spacial score (nSPS) is 12.9. The molecule has 0 atom stereocenters. The van der Waals surface area contributed by atoms with Gasteiger partial charge in [0, 0.05) is 33.5 Å². The molecule has 1 heterocycles. The van der Waals surface area contributed by atoms with E-state index in [1.807, 2.05) is 6.07 Å². The molecule has 3 heteroatoms. The van der Waals surface area contributed by atoms with Crippen LogP contribution in [-0.2, 0) is 0 Å². The van der Waals surface area contributed by atoms with Crippen LogP contribution in [0.25, 0.3) is 15.7 Å². The summed E-state index contributed by atoms with van der Waals surface area (Å²) in [6.07, 6.45) is 7.01. The van der Waals surface area contributed by atoms with Gasteiger partial charge >= 0.3 is 0 Å². The molecule has 0 saturated carbocycles. The maximum Gasteiger partial charge on any atom is 0.0372 e. The molecule has 19 heavy (non-hydrogen) atoms. The first kappa shape index (κ1) is 13.6. The molecule has 2 rings (SSSR count). The Labute approximate surface area is 117 Å². The van der Waals surface area contributed by atoms with Gasteiger partial charge in [0.05, 0.1) is 0 Å². The van der Waals surface area contributed by atoms with Gasteiger partial charge in [0.25, 0.3) is 0 Å². The zero-order chi connectivity index (χ0) is 13.7. The van der Waals surface area contributed by atoms with Crippen LogP contribution in [0.2, 0.25) is 0 Å². The Balaban J connectivity index is 2.51. The number of fused-ring (bicyclic) bond motifs is 1. The highest BCUT2D eigenvalue weighted by atomic mass is 32.1. The number of nitrogens with two attached hydrogens (primary N) is 1. The summed E-state index contributed by atoms with van der Waals surface area (Å²) in [5.74, 6) is 0. The van der Waals surface area contributed by atoms with E-state index in [0.29, 0.717) is 6.42 Å². The maximum absolute atomic E-state index is 7.21. The van der Waals surface area contributed by atoms with Crippen LogP contribution in [0, 0.1) is 5.41 Å². The fourth-order valence-corrected chi connectivity index (χ4v) is 3.04. The number of hydrogen-bond acceptors (Lipinski definition) is 3. The lowest BCUT2D eigenvalue weighted by Crippen LogP contribution is -2.00. The highest BCUT2D eigenvalue weighted by Gasteiger charge is 2.07. The highest BCUT2D eigenvalue weighted by Crippen LogP contribution is 2.32. The van der Waals surface area contributed by atoms with E-state index in [9.17, 15) is 0 Å². The number of nitrogens with one attached hydrogen (secondary N) is 1. The first-order valence-corrected chi connectivity index (χ1v) is 7.21. The Bertz CT molecular complexity index is 602. The molecule has 0 spiro atoms. The Morgan fingerprint density at radius 2 is 2.16 bits per heavy atom. The molecular formula is C16H18N2S. The van der Waals surface area contributed by atoms with E-state index in [1.54, 1.807) is 11.3 Å². The van der Waals surface area contributed by atoms with Gasteiger partial charge in [0.15, 0.2) is 0 Å². The molecule has 0 saturated heterocycles. The van der Waals surface area contributed by atoms with Crippen molar-refractivity contribution in [3.8, 4) is 0 Å². The summed E-state index contributed by atoms with van der Waals surface area (Å²) in [6, 6.07) is 10.5. The van der Waals surface area contributed by atoms with Crippen LogP contribution in [0.3, 0.4) is 0 Å². The smallest absolute Gasteiger partial charge is 0.0372 e. The molecule has 98 valence electrons. The molecule has 0 aliphatic carbocycles. The Hall–Kier alpha value is -1.87. The molecular weight excluding hydrogens is 252 g/mol. The van der Waals surface area contributed by atoms with Gasteiger partial charge in [0.2, 0.25) is 0 Å². The van der Waals surface area contributed by atoms with Gasteiger partial charge in [0.1, 0.15) is 0 Å². The van der Waals surface area contributed by atoms with Crippen molar-refractivity contribution in [3.05, 3.63) is 53.1 Å². The molecule has 0 bridgehead atoms. The third-order valence-electron chi connectivity index (χ3n) is 2.88. The van der Waals surface area contributed by atoms with Gasteiger partial charge < -0.3 is 11.1 Å². The van der Waals surface area contributed by atoms with E-state index >= 15 is 0 Å². The van der Waals surface area contributed by atoms with Crippen molar-refractivity contribution in [3.63, 3.8) is 0 Å². The number of hydrogen-bond donors (Lipinski definition) is 2. The highest BCUT2D eigenvalue weighted by molar-refractivity contribution is 7.20. The Morgan fingerprint density at radius 1 is 1.37 bits per heavy atom. The summed E-state index contributed by atoms with van der Waals surface area (Å²) in [5.41, 5.74) is 7.91. The van der Waals surface area contributed by atoms with E-state index in [2.05, 4.69) is 43.3 Å². The van der Waals surface area contributed by atoms with Gasteiger partial charge in [-0.15, -0.1) is 11.3 Å². The molecule has 1 aromatic heterocycles. The summed E-state index contributed by atoms with van der Waals surface area (Å²) in [6.45, 7) is 2.10. The third kappa shape index (κ3) is 3.12. The van der Waals surface area contributed by atoms with Crippen LogP contribution in [0.5, 0.6) is 0 Å². The summed E-state index contributed by atoms with van der Waals surface area (Å²) >= 11 is 1.75. The van der Waals surface area contributed by atoms with Crippen molar-refractivity contribution in [2.75, 3.05) is 0 Å². The number of thiophene rings is 1. The minimum atomic E-state index is 0.498. The van der Waals surface area contributed by atoms with Gasteiger partial charge in [-0.1, -0.05) is 37.3 Å². The van der Waals surface area contributed by atoms with Crippen molar-refractivity contribution in [2.24, 2.45) is 5.73 Å². The number of rotatable bonds is 5. The van der Waals surface area contributed by atoms with E-state index < -0.39 is 0 Å². The molecule has 2 aromatic rings. The van der Waals surface area contributed by atoms with E-state index in [-0.39, 0.29) is 0 Å². The zero-order valence-corrected chi connectivity index (χ0v) is 11.8. The fourth-order valence-electron chi connectivity index (χ4n) is 1.92. The Kier molecular flexibility index (Phi) is 4.53. The SMILES string of the molecule is CC/C=C\C(=C(\N)CC=N)c1cc2ccccc2s1. The average molecular weight is 270 g/mol. The minimum Gasteiger partial charge on any atom is -0.401 e. The van der Waals surface area contributed by atoms with Crippen molar-refractivity contribution in [2.45, 2.75) is 19.8 Å². The zero-order valence-electron chi connectivity index (χ0n) is 11.0. The monoisotopic (exact) mass is 270 g/mol.